The van der Waals surface area contributed by atoms with Gasteiger partial charge in [0.25, 0.3) is 0 Å². The van der Waals surface area contributed by atoms with Crippen LogP contribution in [0.4, 0.5) is 5.69 Å². The van der Waals surface area contributed by atoms with E-state index in [2.05, 4.69) is 51.7 Å². The zero-order chi connectivity index (χ0) is 11.4. The van der Waals surface area contributed by atoms with Crippen molar-refractivity contribution >= 4 is 11.8 Å². The van der Waals surface area contributed by atoms with E-state index >= 15 is 0 Å². The van der Waals surface area contributed by atoms with Crippen molar-refractivity contribution in [2.75, 3.05) is 11.9 Å². The van der Waals surface area contributed by atoms with Gasteiger partial charge < -0.3 is 5.32 Å². The van der Waals surface area contributed by atoms with Crippen molar-refractivity contribution in [3.63, 3.8) is 0 Å². The summed E-state index contributed by atoms with van der Waals surface area (Å²) in [4.78, 5) is 0. The molecule has 0 aliphatic rings. The zero-order valence-corrected chi connectivity index (χ0v) is 10.2. The minimum absolute atomic E-state index is 0.569. The van der Waals surface area contributed by atoms with Gasteiger partial charge in [-0.3, -0.25) is 0 Å². The van der Waals surface area contributed by atoms with Crippen LogP contribution in [0.25, 0.3) is 6.08 Å². The lowest BCUT2D eigenvalue weighted by molar-refractivity contribution is 0.856. The van der Waals surface area contributed by atoms with Crippen molar-refractivity contribution < 1.29 is 0 Å². The second kappa shape index (κ2) is 5.01. The van der Waals surface area contributed by atoms with Crippen LogP contribution in [-0.4, -0.2) is 6.54 Å². The number of anilines is 1. The number of rotatable bonds is 4. The van der Waals surface area contributed by atoms with Crippen molar-refractivity contribution in [2.24, 2.45) is 0 Å². The van der Waals surface area contributed by atoms with Gasteiger partial charge in [-0.05, 0) is 48.6 Å². The van der Waals surface area contributed by atoms with E-state index in [1.54, 1.807) is 0 Å². The van der Waals surface area contributed by atoms with Crippen molar-refractivity contribution in [1.29, 1.82) is 0 Å². The highest BCUT2D eigenvalue weighted by molar-refractivity contribution is 5.68. The van der Waals surface area contributed by atoms with Crippen LogP contribution in [0.15, 0.2) is 18.7 Å². The van der Waals surface area contributed by atoms with Crippen LogP contribution in [0.1, 0.15) is 43.4 Å². The largest absolute Gasteiger partial charge is 0.385 e. The van der Waals surface area contributed by atoms with Gasteiger partial charge in [0.05, 0.1) is 0 Å². The average Bonchev–Trinajstić information content (AvgIpc) is 2.18. The molecule has 82 valence electrons. The summed E-state index contributed by atoms with van der Waals surface area (Å²) < 4.78 is 0. The first-order chi connectivity index (χ1) is 7.10. The van der Waals surface area contributed by atoms with Gasteiger partial charge in [-0.1, -0.05) is 26.5 Å². The van der Waals surface area contributed by atoms with Crippen LogP contribution in [0.2, 0.25) is 0 Å². The van der Waals surface area contributed by atoms with Crippen LogP contribution in [0.5, 0.6) is 0 Å². The highest BCUT2D eigenvalue weighted by Crippen LogP contribution is 2.27. The second-order valence-electron chi connectivity index (χ2n) is 4.19. The molecule has 1 rings (SSSR count). The van der Waals surface area contributed by atoms with Gasteiger partial charge >= 0.3 is 0 Å². The highest BCUT2D eigenvalue weighted by atomic mass is 14.9. The first-order valence-electron chi connectivity index (χ1n) is 5.61. The first-order valence-corrected chi connectivity index (χ1v) is 5.61. The minimum atomic E-state index is 0.569. The fourth-order valence-electron chi connectivity index (χ4n) is 1.88. The lowest BCUT2D eigenvalue weighted by atomic mass is 9.94. The molecule has 1 aromatic rings. The maximum Gasteiger partial charge on any atom is 0.0416 e. The Bertz CT molecular complexity index is 351. The Morgan fingerprint density at radius 1 is 1.40 bits per heavy atom. The van der Waals surface area contributed by atoms with E-state index in [4.69, 9.17) is 0 Å². The van der Waals surface area contributed by atoms with Crippen molar-refractivity contribution in [1.82, 2.24) is 0 Å². The van der Waals surface area contributed by atoms with Gasteiger partial charge in [-0.2, -0.15) is 0 Å². The molecule has 0 aliphatic heterocycles. The Balaban J connectivity index is 3.22. The van der Waals surface area contributed by atoms with Gasteiger partial charge in [0.15, 0.2) is 0 Å². The predicted molar refractivity (Wildman–Crippen MR) is 69.5 cm³/mol. The lowest BCUT2D eigenvalue weighted by Crippen LogP contribution is -2.02. The molecule has 15 heavy (non-hydrogen) atoms. The van der Waals surface area contributed by atoms with Crippen molar-refractivity contribution in [3.05, 3.63) is 35.4 Å². The Hall–Kier alpha value is -1.24. The van der Waals surface area contributed by atoms with Crippen molar-refractivity contribution in [3.8, 4) is 0 Å². The summed E-state index contributed by atoms with van der Waals surface area (Å²) in [6.45, 7) is 13.5. The number of hydrogen-bond donors (Lipinski definition) is 1. The molecule has 0 saturated carbocycles. The zero-order valence-electron chi connectivity index (χ0n) is 10.2. The first kappa shape index (κ1) is 11.8. The maximum absolute atomic E-state index is 3.86. The van der Waals surface area contributed by atoms with E-state index in [0.29, 0.717) is 5.92 Å². The van der Waals surface area contributed by atoms with Gasteiger partial charge in [0, 0.05) is 12.2 Å². The normalized spacial score (nSPS) is 10.5. The summed E-state index contributed by atoms with van der Waals surface area (Å²) in [6.07, 6.45) is 1.92. The number of aryl methyl sites for hydroxylation is 1. The maximum atomic E-state index is 3.86. The van der Waals surface area contributed by atoms with Crippen LogP contribution >= 0.6 is 0 Å². The van der Waals surface area contributed by atoms with Gasteiger partial charge in [0.1, 0.15) is 0 Å². The Labute approximate surface area is 93.2 Å². The van der Waals surface area contributed by atoms with Crippen LogP contribution in [0, 0.1) is 6.92 Å². The molecule has 0 aromatic heterocycles. The summed E-state index contributed by atoms with van der Waals surface area (Å²) in [5.74, 6) is 0.569. The molecular formula is C14H21N. The third-order valence-corrected chi connectivity index (χ3v) is 2.65. The molecule has 0 aliphatic carbocycles. The van der Waals surface area contributed by atoms with Crippen LogP contribution in [0.3, 0.4) is 0 Å². The molecule has 0 unspecified atom stereocenters. The van der Waals surface area contributed by atoms with E-state index in [9.17, 15) is 0 Å². The molecule has 0 atom stereocenters. The third-order valence-electron chi connectivity index (χ3n) is 2.65. The average molecular weight is 203 g/mol. The summed E-state index contributed by atoms with van der Waals surface area (Å²) in [5, 5.41) is 3.36. The van der Waals surface area contributed by atoms with Gasteiger partial charge in [0.2, 0.25) is 0 Å². The number of hydrogen-bond acceptors (Lipinski definition) is 1. The van der Waals surface area contributed by atoms with Crippen LogP contribution < -0.4 is 5.32 Å². The quantitative estimate of drug-likeness (QED) is 0.773. The number of benzene rings is 1. The molecular weight excluding hydrogens is 182 g/mol. The highest BCUT2D eigenvalue weighted by Gasteiger charge is 2.07. The Morgan fingerprint density at radius 3 is 2.53 bits per heavy atom. The molecule has 0 heterocycles. The van der Waals surface area contributed by atoms with E-state index in [1.165, 1.54) is 22.4 Å². The fraction of sp³-hybridized carbons (Fsp3) is 0.429. The van der Waals surface area contributed by atoms with Gasteiger partial charge in [-0.15, -0.1) is 0 Å². The molecule has 0 fully saturated rings. The standard InChI is InChI=1S/C14H21N/c1-6-12-9-13(10(3)4)11(5)8-14(12)15-7-2/h6,8-10,15H,1,7H2,2-5H3. The van der Waals surface area contributed by atoms with Gasteiger partial charge in [-0.25, -0.2) is 0 Å². The Morgan fingerprint density at radius 2 is 2.07 bits per heavy atom. The lowest BCUT2D eigenvalue weighted by Gasteiger charge is -2.15. The SMILES string of the molecule is C=Cc1cc(C(C)C)c(C)cc1NCC. The molecule has 0 spiro atoms. The third kappa shape index (κ3) is 2.62. The second-order valence-corrected chi connectivity index (χ2v) is 4.19. The van der Waals surface area contributed by atoms with E-state index in [1.807, 2.05) is 6.08 Å². The van der Waals surface area contributed by atoms with E-state index in [-0.39, 0.29) is 0 Å². The summed E-state index contributed by atoms with van der Waals surface area (Å²) in [6, 6.07) is 4.46. The molecule has 0 radical (unpaired) electrons. The molecule has 0 amide bonds. The molecule has 1 aromatic carbocycles. The molecule has 0 saturated heterocycles. The monoisotopic (exact) mass is 203 g/mol. The summed E-state index contributed by atoms with van der Waals surface area (Å²) in [5.41, 5.74) is 5.15. The predicted octanol–water partition coefficient (Wildman–Crippen LogP) is 4.19. The topological polar surface area (TPSA) is 12.0 Å². The van der Waals surface area contributed by atoms with E-state index in [0.717, 1.165) is 6.54 Å². The molecule has 0 bridgehead atoms. The van der Waals surface area contributed by atoms with Crippen LogP contribution in [-0.2, 0) is 0 Å². The molecule has 1 N–H and O–H groups in total. The Kier molecular flexibility index (Phi) is 3.96. The number of nitrogens with one attached hydrogen (secondary N) is 1. The summed E-state index contributed by atoms with van der Waals surface area (Å²) in [7, 11) is 0. The van der Waals surface area contributed by atoms with E-state index < -0.39 is 0 Å². The molecule has 1 heteroatoms. The van der Waals surface area contributed by atoms with Crippen molar-refractivity contribution in [2.45, 2.75) is 33.6 Å². The fourth-order valence-corrected chi connectivity index (χ4v) is 1.88. The smallest absolute Gasteiger partial charge is 0.0416 e. The summed E-state index contributed by atoms with van der Waals surface area (Å²) >= 11 is 0. The molecule has 1 nitrogen and oxygen atoms in total. The minimum Gasteiger partial charge on any atom is -0.385 e.